The first-order valence-corrected chi connectivity index (χ1v) is 9.38. The van der Waals surface area contributed by atoms with Crippen LogP contribution in [0.15, 0.2) is 36.4 Å². The van der Waals surface area contributed by atoms with Crippen molar-refractivity contribution in [1.82, 2.24) is 3.96 Å². The molecule has 2 aromatic carbocycles. The van der Waals surface area contributed by atoms with Gasteiger partial charge in [0.15, 0.2) is 0 Å². The first-order chi connectivity index (χ1) is 11.8. The number of hydrogen-bond acceptors (Lipinski definition) is 3. The zero-order chi connectivity index (χ0) is 17.9. The highest BCUT2D eigenvalue weighted by atomic mass is 32.1. The molecule has 0 unspecified atom stereocenters. The summed E-state index contributed by atoms with van der Waals surface area (Å²) < 4.78 is 16.1. The van der Waals surface area contributed by atoms with E-state index in [1.54, 1.807) is 23.7 Å². The average Bonchev–Trinajstić information content (AvgIpc) is 2.89. The van der Waals surface area contributed by atoms with E-state index >= 15 is 0 Å². The molecule has 0 bridgehead atoms. The zero-order valence-corrected chi connectivity index (χ0v) is 16.2. The molecule has 1 N–H and O–H groups in total. The number of rotatable bonds is 1. The summed E-state index contributed by atoms with van der Waals surface area (Å²) in [7, 11) is 0. The lowest BCUT2D eigenvalue weighted by Gasteiger charge is -2.33. The molecule has 0 saturated heterocycles. The molecule has 0 radical (unpaired) electrons. The summed E-state index contributed by atoms with van der Waals surface area (Å²) in [6, 6.07) is 10.9. The molecule has 3 aromatic rings. The Hall–Kier alpha value is -1.98. The topological polar surface area (TPSA) is 17.0 Å². The van der Waals surface area contributed by atoms with Gasteiger partial charge in [-0.15, -0.1) is 0 Å². The summed E-state index contributed by atoms with van der Waals surface area (Å²) in [6.45, 7) is 8.59. The van der Waals surface area contributed by atoms with E-state index in [4.69, 9.17) is 12.2 Å². The Morgan fingerprint density at radius 1 is 1.08 bits per heavy atom. The average molecular weight is 371 g/mol. The fourth-order valence-corrected chi connectivity index (χ4v) is 4.96. The third kappa shape index (κ3) is 2.53. The second-order valence-electron chi connectivity index (χ2n) is 7.10. The maximum atomic E-state index is 13.3. The SMILES string of the molecule is Cc1cc2c(cc1C)-c1c(sn(-c3ccc(F)cc3)c1=S)C(C)(C)N2. The largest absolute Gasteiger partial charge is 0.375 e. The Bertz CT molecular complexity index is 1040. The third-order valence-electron chi connectivity index (χ3n) is 4.79. The van der Waals surface area contributed by atoms with Crippen LogP contribution >= 0.6 is 23.8 Å². The quantitative estimate of drug-likeness (QED) is 0.503. The van der Waals surface area contributed by atoms with Gasteiger partial charge < -0.3 is 5.32 Å². The van der Waals surface area contributed by atoms with Crippen molar-refractivity contribution in [3.05, 3.63) is 62.9 Å². The summed E-state index contributed by atoms with van der Waals surface area (Å²) in [6.07, 6.45) is 0. The van der Waals surface area contributed by atoms with Gasteiger partial charge >= 0.3 is 0 Å². The highest BCUT2D eigenvalue weighted by molar-refractivity contribution is 7.71. The third-order valence-corrected chi connectivity index (χ3v) is 6.76. The minimum atomic E-state index is -0.241. The number of hydrogen-bond donors (Lipinski definition) is 1. The molecule has 2 nitrogen and oxygen atoms in total. The monoisotopic (exact) mass is 370 g/mol. The van der Waals surface area contributed by atoms with Crippen molar-refractivity contribution in [2.75, 3.05) is 5.32 Å². The van der Waals surface area contributed by atoms with Gasteiger partial charge in [0.2, 0.25) is 0 Å². The normalized spacial score (nSPS) is 14.6. The number of halogens is 1. The van der Waals surface area contributed by atoms with E-state index in [0.29, 0.717) is 0 Å². The van der Waals surface area contributed by atoms with Crippen LogP contribution in [0.3, 0.4) is 0 Å². The van der Waals surface area contributed by atoms with Crippen molar-refractivity contribution in [1.29, 1.82) is 0 Å². The van der Waals surface area contributed by atoms with Crippen LogP contribution in [-0.2, 0) is 5.54 Å². The molecule has 25 heavy (non-hydrogen) atoms. The van der Waals surface area contributed by atoms with Crippen molar-refractivity contribution in [2.24, 2.45) is 0 Å². The van der Waals surface area contributed by atoms with Crippen molar-refractivity contribution >= 4 is 29.4 Å². The molecular weight excluding hydrogens is 351 g/mol. The Labute approximate surface area is 156 Å². The number of anilines is 1. The van der Waals surface area contributed by atoms with Gasteiger partial charge in [-0.1, -0.05) is 23.8 Å². The van der Waals surface area contributed by atoms with Gasteiger partial charge in [-0.3, -0.25) is 3.96 Å². The molecule has 1 aromatic heterocycles. The second-order valence-corrected chi connectivity index (χ2v) is 8.45. The van der Waals surface area contributed by atoms with Crippen LogP contribution in [0.5, 0.6) is 0 Å². The summed E-state index contributed by atoms with van der Waals surface area (Å²) in [5, 5.41) is 3.65. The van der Waals surface area contributed by atoms with Crippen LogP contribution in [0.25, 0.3) is 16.8 Å². The molecule has 1 aliphatic rings. The molecule has 1 aliphatic heterocycles. The summed E-state index contributed by atoms with van der Waals surface area (Å²) in [5.41, 5.74) is 6.58. The van der Waals surface area contributed by atoms with Crippen LogP contribution in [0, 0.1) is 24.3 Å². The molecule has 0 saturated carbocycles. The predicted molar refractivity (Wildman–Crippen MR) is 106 cm³/mol. The standard InChI is InChI=1S/C20H19FN2S2/c1-11-9-15-16(10-12(11)2)22-20(3,4)18-17(15)19(24)23(25-18)14-7-5-13(21)6-8-14/h5-10,22H,1-4H3. The molecular formula is C20H19FN2S2. The van der Waals surface area contributed by atoms with E-state index in [0.717, 1.165) is 27.1 Å². The molecule has 0 aliphatic carbocycles. The number of benzene rings is 2. The fraction of sp³-hybridized carbons (Fsp3) is 0.250. The first kappa shape index (κ1) is 16.5. The van der Waals surface area contributed by atoms with Crippen LogP contribution in [0.4, 0.5) is 10.1 Å². The van der Waals surface area contributed by atoms with Crippen LogP contribution < -0.4 is 5.32 Å². The predicted octanol–water partition coefficient (Wildman–Crippen LogP) is 6.35. The molecule has 4 rings (SSSR count). The van der Waals surface area contributed by atoms with Gasteiger partial charge in [0, 0.05) is 16.8 Å². The molecule has 5 heteroatoms. The zero-order valence-electron chi connectivity index (χ0n) is 14.6. The Morgan fingerprint density at radius 2 is 1.72 bits per heavy atom. The highest BCUT2D eigenvalue weighted by Gasteiger charge is 2.34. The van der Waals surface area contributed by atoms with Gasteiger partial charge in [0.05, 0.1) is 16.1 Å². The van der Waals surface area contributed by atoms with Gasteiger partial charge in [-0.2, -0.15) is 0 Å². The van der Waals surface area contributed by atoms with Gasteiger partial charge in [0.1, 0.15) is 10.5 Å². The minimum absolute atomic E-state index is 0.215. The van der Waals surface area contributed by atoms with Crippen LogP contribution in [-0.4, -0.2) is 3.96 Å². The fourth-order valence-electron chi connectivity index (χ4n) is 3.31. The van der Waals surface area contributed by atoms with Crippen molar-refractivity contribution in [2.45, 2.75) is 33.2 Å². The number of nitrogens with zero attached hydrogens (tertiary/aromatic N) is 1. The summed E-state index contributed by atoms with van der Waals surface area (Å²) in [4.78, 5) is 1.21. The number of fused-ring (bicyclic) bond motifs is 3. The maximum absolute atomic E-state index is 13.3. The maximum Gasteiger partial charge on any atom is 0.129 e. The molecule has 0 atom stereocenters. The minimum Gasteiger partial charge on any atom is -0.375 e. The molecule has 0 spiro atoms. The molecule has 128 valence electrons. The second kappa shape index (κ2) is 5.51. The summed E-state index contributed by atoms with van der Waals surface area (Å²) in [5.74, 6) is -0.241. The van der Waals surface area contributed by atoms with E-state index in [9.17, 15) is 4.39 Å². The highest BCUT2D eigenvalue weighted by Crippen LogP contribution is 2.48. The van der Waals surface area contributed by atoms with E-state index in [1.807, 2.05) is 3.96 Å². The van der Waals surface area contributed by atoms with E-state index in [2.05, 4.69) is 45.1 Å². The van der Waals surface area contributed by atoms with Gasteiger partial charge in [-0.05, 0) is 75.2 Å². The van der Waals surface area contributed by atoms with E-state index in [1.165, 1.54) is 28.1 Å². The van der Waals surface area contributed by atoms with Gasteiger partial charge in [0.25, 0.3) is 0 Å². The number of aromatic nitrogens is 1. The van der Waals surface area contributed by atoms with Gasteiger partial charge in [-0.25, -0.2) is 4.39 Å². The summed E-state index contributed by atoms with van der Waals surface area (Å²) >= 11 is 7.46. The lowest BCUT2D eigenvalue weighted by atomic mass is 9.88. The lowest BCUT2D eigenvalue weighted by molar-refractivity contribution is 0.619. The Kier molecular flexibility index (Phi) is 3.63. The van der Waals surface area contributed by atoms with E-state index < -0.39 is 0 Å². The van der Waals surface area contributed by atoms with Crippen LogP contribution in [0.1, 0.15) is 29.9 Å². The Balaban J connectivity index is 2.01. The Morgan fingerprint density at radius 3 is 2.40 bits per heavy atom. The van der Waals surface area contributed by atoms with E-state index in [-0.39, 0.29) is 11.4 Å². The van der Waals surface area contributed by atoms with Crippen molar-refractivity contribution in [3.63, 3.8) is 0 Å². The van der Waals surface area contributed by atoms with Crippen molar-refractivity contribution in [3.8, 4) is 16.8 Å². The molecule has 2 heterocycles. The first-order valence-electron chi connectivity index (χ1n) is 8.20. The number of nitrogens with one attached hydrogen (secondary N) is 1. The smallest absolute Gasteiger partial charge is 0.129 e. The van der Waals surface area contributed by atoms with Crippen molar-refractivity contribution < 1.29 is 4.39 Å². The number of aryl methyl sites for hydroxylation is 2. The molecule has 0 fully saturated rings. The van der Waals surface area contributed by atoms with Crippen LogP contribution in [0.2, 0.25) is 0 Å². The molecule has 0 amide bonds. The lowest BCUT2D eigenvalue weighted by Crippen LogP contribution is -2.30.